The Morgan fingerprint density at radius 3 is 2.62 bits per heavy atom. The van der Waals surface area contributed by atoms with E-state index in [0.29, 0.717) is 5.92 Å². The van der Waals surface area contributed by atoms with Gasteiger partial charge in [0, 0.05) is 44.7 Å². The Kier molecular flexibility index (Phi) is 7.20. The fourth-order valence-corrected chi connectivity index (χ4v) is 4.37. The van der Waals surface area contributed by atoms with Gasteiger partial charge in [-0.15, -0.1) is 24.0 Å². The van der Waals surface area contributed by atoms with Gasteiger partial charge >= 0.3 is 0 Å². The Bertz CT molecular complexity index is 587. The van der Waals surface area contributed by atoms with Gasteiger partial charge in [0.2, 0.25) is 0 Å². The van der Waals surface area contributed by atoms with E-state index in [9.17, 15) is 0 Å². The maximum atomic E-state index is 5.02. The molecule has 2 unspecified atom stereocenters. The van der Waals surface area contributed by atoms with Crippen molar-refractivity contribution in [1.82, 2.24) is 15.1 Å². The van der Waals surface area contributed by atoms with E-state index in [1.54, 1.807) is 0 Å². The van der Waals surface area contributed by atoms with Crippen molar-refractivity contribution in [3.8, 4) is 0 Å². The Morgan fingerprint density at radius 1 is 1.08 bits per heavy atom. The van der Waals surface area contributed by atoms with Gasteiger partial charge in [-0.3, -0.25) is 4.99 Å². The lowest BCUT2D eigenvalue weighted by molar-refractivity contribution is 0.315. The molecule has 3 fully saturated rings. The molecule has 0 spiro atoms. The van der Waals surface area contributed by atoms with Crippen LogP contribution < -0.4 is 5.32 Å². The van der Waals surface area contributed by atoms with Crippen LogP contribution in [0, 0.1) is 5.92 Å². The molecule has 1 aromatic rings. The van der Waals surface area contributed by atoms with Gasteiger partial charge in [0.1, 0.15) is 0 Å². The molecular formula is C21H33IN4. The molecule has 0 amide bonds. The van der Waals surface area contributed by atoms with Crippen molar-refractivity contribution >= 4 is 29.9 Å². The second-order valence-electron chi connectivity index (χ2n) is 7.92. The van der Waals surface area contributed by atoms with E-state index >= 15 is 0 Å². The number of halogens is 1. The molecule has 26 heavy (non-hydrogen) atoms. The molecule has 2 atom stereocenters. The highest BCUT2D eigenvalue weighted by atomic mass is 127. The average molecular weight is 468 g/mol. The summed E-state index contributed by atoms with van der Waals surface area (Å²) in [5.41, 5.74) is 1.47. The van der Waals surface area contributed by atoms with Crippen LogP contribution in [0.4, 0.5) is 0 Å². The SMILES string of the molecule is CCNC(=NCC1CCN(C2CC2)C1)N1CCC(c2ccccc2)C1.I. The van der Waals surface area contributed by atoms with Crippen LogP contribution in [0.25, 0.3) is 0 Å². The van der Waals surface area contributed by atoms with Gasteiger partial charge in [-0.05, 0) is 50.6 Å². The minimum absolute atomic E-state index is 0. The maximum absolute atomic E-state index is 5.02. The molecule has 5 heteroatoms. The first-order valence-corrected chi connectivity index (χ1v) is 10.2. The van der Waals surface area contributed by atoms with E-state index in [1.807, 2.05) is 0 Å². The first-order valence-electron chi connectivity index (χ1n) is 10.2. The van der Waals surface area contributed by atoms with E-state index in [0.717, 1.165) is 44.1 Å². The smallest absolute Gasteiger partial charge is 0.193 e. The first kappa shape index (κ1) is 19.9. The molecular weight excluding hydrogens is 435 g/mol. The number of benzene rings is 1. The van der Waals surface area contributed by atoms with Gasteiger partial charge in [-0.1, -0.05) is 30.3 Å². The van der Waals surface area contributed by atoms with E-state index in [4.69, 9.17) is 4.99 Å². The van der Waals surface area contributed by atoms with E-state index in [1.165, 1.54) is 44.3 Å². The summed E-state index contributed by atoms with van der Waals surface area (Å²) in [5.74, 6) is 2.52. The number of nitrogens with zero attached hydrogens (tertiary/aromatic N) is 3. The van der Waals surface area contributed by atoms with Crippen molar-refractivity contribution in [2.45, 2.75) is 44.6 Å². The van der Waals surface area contributed by atoms with Gasteiger partial charge < -0.3 is 15.1 Å². The third kappa shape index (κ3) is 4.91. The lowest BCUT2D eigenvalue weighted by Crippen LogP contribution is -2.40. The first-order chi connectivity index (χ1) is 12.3. The zero-order chi connectivity index (χ0) is 17.1. The molecule has 1 aromatic carbocycles. The van der Waals surface area contributed by atoms with Crippen LogP contribution in [-0.2, 0) is 0 Å². The molecule has 1 aliphatic carbocycles. The molecule has 4 rings (SSSR count). The highest BCUT2D eigenvalue weighted by Gasteiger charge is 2.34. The predicted octanol–water partition coefficient (Wildman–Crippen LogP) is 3.54. The molecule has 144 valence electrons. The fourth-order valence-electron chi connectivity index (χ4n) is 4.37. The van der Waals surface area contributed by atoms with Crippen LogP contribution in [0.2, 0.25) is 0 Å². The third-order valence-corrected chi connectivity index (χ3v) is 5.97. The third-order valence-electron chi connectivity index (χ3n) is 5.97. The fraction of sp³-hybridized carbons (Fsp3) is 0.667. The summed E-state index contributed by atoms with van der Waals surface area (Å²) >= 11 is 0. The molecule has 2 aliphatic heterocycles. The largest absolute Gasteiger partial charge is 0.357 e. The van der Waals surface area contributed by atoms with Crippen LogP contribution in [0.15, 0.2) is 35.3 Å². The highest BCUT2D eigenvalue weighted by molar-refractivity contribution is 14.0. The molecule has 1 saturated carbocycles. The van der Waals surface area contributed by atoms with Gasteiger partial charge in [-0.25, -0.2) is 0 Å². The Morgan fingerprint density at radius 2 is 1.88 bits per heavy atom. The van der Waals surface area contributed by atoms with Crippen LogP contribution in [0.1, 0.15) is 44.1 Å². The number of likely N-dealkylation sites (tertiary alicyclic amines) is 2. The number of nitrogens with one attached hydrogen (secondary N) is 1. The van der Waals surface area contributed by atoms with E-state index < -0.39 is 0 Å². The van der Waals surface area contributed by atoms with Gasteiger partial charge in [-0.2, -0.15) is 0 Å². The van der Waals surface area contributed by atoms with Gasteiger partial charge in [0.05, 0.1) is 0 Å². The molecule has 2 saturated heterocycles. The summed E-state index contributed by atoms with van der Waals surface area (Å²) in [7, 11) is 0. The monoisotopic (exact) mass is 468 g/mol. The van der Waals surface area contributed by atoms with Crippen molar-refractivity contribution in [2.24, 2.45) is 10.9 Å². The summed E-state index contributed by atoms with van der Waals surface area (Å²) in [6.45, 7) is 8.87. The maximum Gasteiger partial charge on any atom is 0.193 e. The van der Waals surface area contributed by atoms with Crippen LogP contribution in [0.5, 0.6) is 0 Å². The number of guanidine groups is 1. The molecule has 2 heterocycles. The Labute approximate surface area is 175 Å². The van der Waals surface area contributed by atoms with Crippen molar-refractivity contribution in [1.29, 1.82) is 0 Å². The van der Waals surface area contributed by atoms with Crippen molar-refractivity contribution < 1.29 is 0 Å². The minimum Gasteiger partial charge on any atom is -0.357 e. The van der Waals surface area contributed by atoms with Crippen molar-refractivity contribution in [3.63, 3.8) is 0 Å². The Hall–Kier alpha value is -0.820. The average Bonchev–Trinajstić information content (AvgIpc) is 3.20. The van der Waals surface area contributed by atoms with Crippen LogP contribution in [-0.4, -0.2) is 61.1 Å². The lowest BCUT2D eigenvalue weighted by atomic mass is 9.99. The lowest BCUT2D eigenvalue weighted by Gasteiger charge is -2.22. The molecule has 1 N–H and O–H groups in total. The topological polar surface area (TPSA) is 30.9 Å². The second kappa shape index (κ2) is 9.40. The Balaban J connectivity index is 0.00000196. The summed E-state index contributed by atoms with van der Waals surface area (Å²) < 4.78 is 0. The number of rotatable bonds is 5. The predicted molar refractivity (Wildman–Crippen MR) is 119 cm³/mol. The summed E-state index contributed by atoms with van der Waals surface area (Å²) in [6.07, 6.45) is 5.40. The quantitative estimate of drug-likeness (QED) is 0.408. The van der Waals surface area contributed by atoms with Gasteiger partial charge in [0.25, 0.3) is 0 Å². The van der Waals surface area contributed by atoms with Crippen molar-refractivity contribution in [2.75, 3.05) is 39.3 Å². The normalized spacial score (nSPS) is 26.8. The summed E-state index contributed by atoms with van der Waals surface area (Å²) in [5, 5.41) is 3.53. The molecule has 0 aromatic heterocycles. The number of hydrogen-bond donors (Lipinski definition) is 1. The summed E-state index contributed by atoms with van der Waals surface area (Å²) in [4.78, 5) is 10.2. The highest BCUT2D eigenvalue weighted by Crippen LogP contribution is 2.32. The minimum atomic E-state index is 0. The number of hydrogen-bond acceptors (Lipinski definition) is 2. The van der Waals surface area contributed by atoms with E-state index in [-0.39, 0.29) is 24.0 Å². The van der Waals surface area contributed by atoms with Crippen LogP contribution >= 0.6 is 24.0 Å². The molecule has 3 aliphatic rings. The van der Waals surface area contributed by atoms with Crippen LogP contribution in [0.3, 0.4) is 0 Å². The molecule has 4 nitrogen and oxygen atoms in total. The van der Waals surface area contributed by atoms with Gasteiger partial charge in [0.15, 0.2) is 5.96 Å². The zero-order valence-corrected chi connectivity index (χ0v) is 18.3. The summed E-state index contributed by atoms with van der Waals surface area (Å²) in [6, 6.07) is 11.9. The van der Waals surface area contributed by atoms with E-state index in [2.05, 4.69) is 52.4 Å². The standard InChI is InChI=1S/C21H32N4.HI/c1-2-22-21(23-14-17-10-12-24(15-17)20-8-9-20)25-13-11-19(16-25)18-6-4-3-5-7-18;/h3-7,17,19-20H,2,8-16H2,1H3,(H,22,23);1H. The second-order valence-corrected chi connectivity index (χ2v) is 7.92. The van der Waals surface area contributed by atoms with Crippen molar-refractivity contribution in [3.05, 3.63) is 35.9 Å². The molecule has 0 bridgehead atoms. The number of aliphatic imine (C=N–C) groups is 1. The zero-order valence-electron chi connectivity index (χ0n) is 15.9. The molecule has 0 radical (unpaired) electrons.